The molecule has 2 aliphatic rings. The van der Waals surface area contributed by atoms with Crippen molar-refractivity contribution < 1.29 is 9.84 Å². The van der Waals surface area contributed by atoms with Crippen LogP contribution in [0.3, 0.4) is 0 Å². The van der Waals surface area contributed by atoms with E-state index in [1.165, 1.54) is 0 Å². The molecule has 0 amide bonds. The Morgan fingerprint density at radius 1 is 1.36 bits per heavy atom. The number of nitrogens with zero attached hydrogens (tertiary/aromatic N) is 1. The number of benzene rings is 1. The minimum Gasteiger partial charge on any atom is -0.392 e. The van der Waals surface area contributed by atoms with Crippen molar-refractivity contribution in [1.29, 1.82) is 0 Å². The normalized spacial score (nSPS) is 25.3. The van der Waals surface area contributed by atoms with Gasteiger partial charge < -0.3 is 25.4 Å². The van der Waals surface area contributed by atoms with E-state index >= 15 is 0 Å². The number of morpholine rings is 1. The third kappa shape index (κ3) is 3.32. The Morgan fingerprint density at radius 2 is 2.14 bits per heavy atom. The van der Waals surface area contributed by atoms with E-state index in [1.807, 2.05) is 12.1 Å². The minimum atomic E-state index is -0.279. The lowest BCUT2D eigenvalue weighted by atomic mass is 10.1. The second-order valence-electron chi connectivity index (χ2n) is 5.82. The standard InChI is InChI=1S/C17H23N3O2/c1-12-11-22-8-7-20(12)15-5-3-14(4-6-15)19-13(2)17-9-16(21)10-18-17/h3-6,16-19,21H,1-2,7-11H2/t16-,17-/m1/s1. The zero-order valence-corrected chi connectivity index (χ0v) is 12.7. The highest BCUT2D eigenvalue weighted by molar-refractivity contribution is 5.59. The van der Waals surface area contributed by atoms with E-state index in [9.17, 15) is 5.11 Å². The van der Waals surface area contributed by atoms with Gasteiger partial charge in [0.1, 0.15) is 0 Å². The molecule has 5 heteroatoms. The summed E-state index contributed by atoms with van der Waals surface area (Å²) in [6, 6.07) is 8.34. The van der Waals surface area contributed by atoms with Crippen LogP contribution in [0.1, 0.15) is 6.42 Å². The maximum absolute atomic E-state index is 9.56. The van der Waals surface area contributed by atoms with E-state index in [2.05, 4.69) is 40.8 Å². The summed E-state index contributed by atoms with van der Waals surface area (Å²) in [7, 11) is 0. The Labute approximate surface area is 131 Å². The molecule has 22 heavy (non-hydrogen) atoms. The van der Waals surface area contributed by atoms with Gasteiger partial charge in [0, 0.05) is 41.9 Å². The summed E-state index contributed by atoms with van der Waals surface area (Å²) in [4.78, 5) is 2.18. The number of nitrogens with one attached hydrogen (secondary N) is 2. The Morgan fingerprint density at radius 3 is 2.77 bits per heavy atom. The number of ether oxygens (including phenoxy) is 1. The molecule has 2 saturated heterocycles. The Balaban J connectivity index is 1.61. The van der Waals surface area contributed by atoms with Crippen LogP contribution in [-0.2, 0) is 4.74 Å². The summed E-state index contributed by atoms with van der Waals surface area (Å²) in [6.45, 7) is 10.9. The van der Waals surface area contributed by atoms with Crippen molar-refractivity contribution >= 4 is 11.4 Å². The van der Waals surface area contributed by atoms with Crippen LogP contribution in [0.5, 0.6) is 0 Å². The largest absolute Gasteiger partial charge is 0.392 e. The predicted octanol–water partition coefficient (Wildman–Crippen LogP) is 1.69. The first-order valence-corrected chi connectivity index (χ1v) is 7.64. The van der Waals surface area contributed by atoms with Gasteiger partial charge in [-0.05, 0) is 30.7 Å². The number of β-amino-alcohol motifs (C(OH)–C–C–N with tert-alkyl or cyclic N) is 1. The van der Waals surface area contributed by atoms with E-state index in [1.54, 1.807) is 0 Å². The second kappa shape index (κ2) is 6.52. The van der Waals surface area contributed by atoms with E-state index in [-0.39, 0.29) is 12.1 Å². The van der Waals surface area contributed by atoms with Crippen LogP contribution in [0.4, 0.5) is 11.4 Å². The molecule has 3 rings (SSSR count). The first-order chi connectivity index (χ1) is 10.6. The average molecular weight is 301 g/mol. The molecule has 0 radical (unpaired) electrons. The lowest BCUT2D eigenvalue weighted by Crippen LogP contribution is -2.33. The van der Waals surface area contributed by atoms with Gasteiger partial charge in [0.25, 0.3) is 0 Å². The van der Waals surface area contributed by atoms with Crippen molar-refractivity contribution in [3.05, 3.63) is 48.8 Å². The minimum absolute atomic E-state index is 0.119. The zero-order chi connectivity index (χ0) is 15.5. The highest BCUT2D eigenvalue weighted by Crippen LogP contribution is 2.24. The van der Waals surface area contributed by atoms with Crippen molar-refractivity contribution in [2.24, 2.45) is 0 Å². The van der Waals surface area contributed by atoms with E-state index in [0.717, 1.165) is 35.9 Å². The zero-order valence-electron chi connectivity index (χ0n) is 12.7. The van der Waals surface area contributed by atoms with Crippen LogP contribution >= 0.6 is 0 Å². The molecule has 0 aromatic heterocycles. The van der Waals surface area contributed by atoms with Crippen molar-refractivity contribution in [3.8, 4) is 0 Å². The molecule has 5 nitrogen and oxygen atoms in total. The summed E-state index contributed by atoms with van der Waals surface area (Å²) < 4.78 is 5.38. The maximum Gasteiger partial charge on any atom is 0.0862 e. The fraction of sp³-hybridized carbons (Fsp3) is 0.412. The molecule has 0 saturated carbocycles. The highest BCUT2D eigenvalue weighted by atomic mass is 16.5. The lowest BCUT2D eigenvalue weighted by Gasteiger charge is -2.31. The fourth-order valence-corrected chi connectivity index (χ4v) is 2.87. The number of aliphatic hydroxyl groups excluding tert-OH is 1. The van der Waals surface area contributed by atoms with Crippen LogP contribution in [0.2, 0.25) is 0 Å². The summed E-state index contributed by atoms with van der Waals surface area (Å²) >= 11 is 0. The van der Waals surface area contributed by atoms with Crippen molar-refractivity contribution in [3.63, 3.8) is 0 Å². The van der Waals surface area contributed by atoms with Gasteiger partial charge >= 0.3 is 0 Å². The molecule has 0 bridgehead atoms. The van der Waals surface area contributed by atoms with E-state index < -0.39 is 0 Å². The first kappa shape index (κ1) is 15.1. The SMILES string of the molecule is C=C(Nc1ccc(N2CCOCC2=C)cc1)[C@H]1C[C@@H](O)CN1. The Kier molecular flexibility index (Phi) is 4.47. The van der Waals surface area contributed by atoms with Crippen molar-refractivity contribution in [2.45, 2.75) is 18.6 Å². The average Bonchev–Trinajstić information content (AvgIpc) is 2.95. The third-order valence-electron chi connectivity index (χ3n) is 4.12. The predicted molar refractivity (Wildman–Crippen MR) is 88.9 cm³/mol. The molecular weight excluding hydrogens is 278 g/mol. The highest BCUT2D eigenvalue weighted by Gasteiger charge is 2.24. The molecule has 2 atom stereocenters. The molecule has 2 heterocycles. The van der Waals surface area contributed by atoms with Gasteiger partial charge in [0.15, 0.2) is 0 Å². The topological polar surface area (TPSA) is 56.8 Å². The molecule has 2 fully saturated rings. The maximum atomic E-state index is 9.56. The number of hydrogen-bond acceptors (Lipinski definition) is 5. The Bertz CT molecular complexity index is 556. The lowest BCUT2D eigenvalue weighted by molar-refractivity contribution is 0.143. The van der Waals surface area contributed by atoms with Crippen LogP contribution in [0, 0.1) is 0 Å². The molecule has 0 spiro atoms. The van der Waals surface area contributed by atoms with Crippen LogP contribution in [0.15, 0.2) is 48.8 Å². The smallest absolute Gasteiger partial charge is 0.0862 e. The second-order valence-corrected chi connectivity index (χ2v) is 5.82. The van der Waals surface area contributed by atoms with Gasteiger partial charge in [0.05, 0.1) is 19.3 Å². The fourth-order valence-electron chi connectivity index (χ4n) is 2.87. The van der Waals surface area contributed by atoms with Crippen LogP contribution in [-0.4, -0.2) is 43.6 Å². The molecule has 3 N–H and O–H groups in total. The number of hydrogen-bond donors (Lipinski definition) is 3. The molecule has 1 aromatic carbocycles. The van der Waals surface area contributed by atoms with Crippen molar-refractivity contribution in [1.82, 2.24) is 5.32 Å². The summed E-state index contributed by atoms with van der Waals surface area (Å²) in [5.74, 6) is 0. The van der Waals surface area contributed by atoms with Gasteiger partial charge in [-0.2, -0.15) is 0 Å². The summed E-state index contributed by atoms with van der Waals surface area (Å²) in [5.41, 5.74) is 4.00. The molecule has 0 unspecified atom stereocenters. The van der Waals surface area contributed by atoms with Gasteiger partial charge in [-0.3, -0.25) is 0 Å². The van der Waals surface area contributed by atoms with Crippen LogP contribution in [0.25, 0.3) is 0 Å². The molecule has 0 aliphatic carbocycles. The number of anilines is 2. The van der Waals surface area contributed by atoms with E-state index in [4.69, 9.17) is 4.74 Å². The third-order valence-corrected chi connectivity index (χ3v) is 4.12. The van der Waals surface area contributed by atoms with Crippen molar-refractivity contribution in [2.75, 3.05) is 36.5 Å². The summed E-state index contributed by atoms with van der Waals surface area (Å²) in [6.07, 6.45) is 0.426. The summed E-state index contributed by atoms with van der Waals surface area (Å²) in [5, 5.41) is 16.1. The van der Waals surface area contributed by atoms with Gasteiger partial charge in [0.2, 0.25) is 0 Å². The van der Waals surface area contributed by atoms with Gasteiger partial charge in [-0.25, -0.2) is 0 Å². The van der Waals surface area contributed by atoms with Crippen LogP contribution < -0.4 is 15.5 Å². The van der Waals surface area contributed by atoms with Gasteiger partial charge in [-0.1, -0.05) is 13.2 Å². The van der Waals surface area contributed by atoms with Gasteiger partial charge in [-0.15, -0.1) is 0 Å². The monoisotopic (exact) mass is 301 g/mol. The number of rotatable bonds is 4. The number of aliphatic hydroxyl groups is 1. The molecular formula is C17H23N3O2. The Hall–Kier alpha value is -1.82. The quantitative estimate of drug-likeness (QED) is 0.790. The molecule has 1 aromatic rings. The first-order valence-electron chi connectivity index (χ1n) is 7.64. The molecule has 2 aliphatic heterocycles. The van der Waals surface area contributed by atoms with E-state index in [0.29, 0.717) is 19.6 Å². The molecule has 118 valence electrons.